The van der Waals surface area contributed by atoms with Gasteiger partial charge >= 0.3 is 6.09 Å². The van der Waals surface area contributed by atoms with Gasteiger partial charge in [0.2, 0.25) is 11.8 Å². The van der Waals surface area contributed by atoms with Crippen LogP contribution in [-0.4, -0.2) is 76.5 Å². The van der Waals surface area contributed by atoms with Gasteiger partial charge in [0.15, 0.2) is 5.13 Å². The van der Waals surface area contributed by atoms with Crippen LogP contribution in [0.4, 0.5) is 15.7 Å². The highest BCUT2D eigenvalue weighted by Gasteiger charge is 2.37. The SMILES string of the molecule is Cc1cnc(Nc2cccc(C(C(=O)N(C)C)C3CCN(C(=O)[C@H](CC(C)C)NC(=O)OC(C)(C)C)CC3)n2)s1. The van der Waals surface area contributed by atoms with Crippen LogP contribution in [0.1, 0.15) is 70.4 Å². The highest BCUT2D eigenvalue weighted by atomic mass is 32.1. The largest absolute Gasteiger partial charge is 0.444 e. The van der Waals surface area contributed by atoms with Crippen LogP contribution < -0.4 is 10.6 Å². The van der Waals surface area contributed by atoms with Crippen molar-refractivity contribution in [2.24, 2.45) is 11.8 Å². The second kappa shape index (κ2) is 13.4. The Balaban J connectivity index is 1.73. The lowest BCUT2D eigenvalue weighted by molar-refractivity contribution is -0.136. The van der Waals surface area contributed by atoms with Gasteiger partial charge in [-0.2, -0.15) is 0 Å². The van der Waals surface area contributed by atoms with Gasteiger partial charge in [-0.25, -0.2) is 14.8 Å². The van der Waals surface area contributed by atoms with Crippen molar-refractivity contribution >= 4 is 40.2 Å². The Labute approximate surface area is 241 Å². The maximum absolute atomic E-state index is 13.5. The number of anilines is 2. The molecule has 0 spiro atoms. The van der Waals surface area contributed by atoms with Crippen molar-refractivity contribution in [3.8, 4) is 0 Å². The molecule has 3 amide bonds. The van der Waals surface area contributed by atoms with Crippen molar-refractivity contribution in [3.63, 3.8) is 0 Å². The van der Waals surface area contributed by atoms with Crippen LogP contribution in [0.3, 0.4) is 0 Å². The van der Waals surface area contributed by atoms with Gasteiger partial charge in [0, 0.05) is 38.3 Å². The summed E-state index contributed by atoms with van der Waals surface area (Å²) in [6.45, 7) is 12.4. The number of ether oxygens (including phenoxy) is 1. The number of hydrogen-bond donors (Lipinski definition) is 2. The summed E-state index contributed by atoms with van der Waals surface area (Å²) in [5.41, 5.74) is 0.0492. The number of pyridine rings is 1. The zero-order valence-corrected chi connectivity index (χ0v) is 25.8. The topological polar surface area (TPSA) is 117 Å². The first-order valence-electron chi connectivity index (χ1n) is 13.9. The van der Waals surface area contributed by atoms with E-state index in [1.54, 1.807) is 62.2 Å². The molecule has 3 rings (SSSR count). The fourth-order valence-electron chi connectivity index (χ4n) is 4.88. The Bertz CT molecular complexity index is 1170. The molecule has 0 aromatic carbocycles. The molecule has 1 saturated heterocycles. The third kappa shape index (κ3) is 8.90. The third-order valence-electron chi connectivity index (χ3n) is 6.67. The van der Waals surface area contributed by atoms with E-state index in [2.05, 4.69) is 15.6 Å². The summed E-state index contributed by atoms with van der Waals surface area (Å²) in [7, 11) is 3.51. The first kappa shape index (κ1) is 31.3. The van der Waals surface area contributed by atoms with Crippen LogP contribution in [0.15, 0.2) is 24.4 Å². The molecule has 2 atom stereocenters. The molecule has 0 radical (unpaired) electrons. The smallest absolute Gasteiger partial charge is 0.408 e. The number of carbonyl (C=O) groups excluding carboxylic acids is 3. The molecule has 220 valence electrons. The lowest BCUT2D eigenvalue weighted by atomic mass is 9.81. The second-order valence-electron chi connectivity index (χ2n) is 12.1. The Hall–Kier alpha value is -3.21. The number of nitrogens with one attached hydrogen (secondary N) is 2. The molecule has 3 heterocycles. The Morgan fingerprint density at radius 1 is 1.18 bits per heavy atom. The molecular weight excluding hydrogens is 528 g/mol. The van der Waals surface area contributed by atoms with Crippen molar-refractivity contribution in [1.29, 1.82) is 0 Å². The van der Waals surface area contributed by atoms with E-state index in [1.807, 2.05) is 39.0 Å². The number of hydrogen-bond acceptors (Lipinski definition) is 8. The van der Waals surface area contributed by atoms with Crippen molar-refractivity contribution in [3.05, 3.63) is 35.0 Å². The highest BCUT2D eigenvalue weighted by Crippen LogP contribution is 2.34. The first-order chi connectivity index (χ1) is 18.7. The van der Waals surface area contributed by atoms with Crippen LogP contribution in [0.25, 0.3) is 0 Å². The van der Waals surface area contributed by atoms with Crippen molar-refractivity contribution in [1.82, 2.24) is 25.1 Å². The minimum atomic E-state index is -0.662. The van der Waals surface area contributed by atoms with E-state index in [4.69, 9.17) is 9.72 Å². The standard InChI is InChI=1S/C29H44N6O4S/c1-18(2)16-22(32-28(38)39-29(4,5)6)25(36)35-14-12-20(13-15-35)24(26(37)34(7)8)21-10-9-11-23(31-21)33-27-30-17-19(3)40-27/h9-11,17-18,20,22,24H,12-16H2,1-8H3,(H,32,38)(H,30,31,33)/t22-,24?/m0/s1. The number of rotatable bonds is 9. The van der Waals surface area contributed by atoms with E-state index in [1.165, 1.54) is 0 Å². The molecule has 40 heavy (non-hydrogen) atoms. The van der Waals surface area contributed by atoms with Gasteiger partial charge in [-0.15, -0.1) is 11.3 Å². The monoisotopic (exact) mass is 572 g/mol. The molecule has 1 fully saturated rings. The van der Waals surface area contributed by atoms with E-state index < -0.39 is 23.7 Å². The Morgan fingerprint density at radius 2 is 1.85 bits per heavy atom. The zero-order valence-electron chi connectivity index (χ0n) is 25.0. The quantitative estimate of drug-likeness (QED) is 0.437. The predicted molar refractivity (Wildman–Crippen MR) is 158 cm³/mol. The molecule has 2 aromatic rings. The van der Waals surface area contributed by atoms with E-state index in [0.29, 0.717) is 43.9 Å². The number of aryl methyl sites for hydroxylation is 1. The van der Waals surface area contributed by atoms with E-state index in [9.17, 15) is 14.4 Å². The molecule has 1 aliphatic heterocycles. The number of nitrogens with zero attached hydrogens (tertiary/aromatic N) is 4. The maximum atomic E-state index is 13.5. The normalized spacial score (nSPS) is 15.9. The van der Waals surface area contributed by atoms with Gasteiger partial charge in [0.05, 0.1) is 11.6 Å². The average molecular weight is 573 g/mol. The molecule has 2 aromatic heterocycles. The molecule has 0 bridgehead atoms. The summed E-state index contributed by atoms with van der Waals surface area (Å²) < 4.78 is 5.40. The number of piperidine rings is 1. The van der Waals surface area contributed by atoms with Crippen LogP contribution in [0.2, 0.25) is 0 Å². The van der Waals surface area contributed by atoms with E-state index in [0.717, 1.165) is 10.0 Å². The average Bonchev–Trinajstić information content (AvgIpc) is 3.26. The van der Waals surface area contributed by atoms with Gasteiger partial charge in [0.1, 0.15) is 17.5 Å². The van der Waals surface area contributed by atoms with Crippen molar-refractivity contribution in [2.75, 3.05) is 32.5 Å². The summed E-state index contributed by atoms with van der Waals surface area (Å²) >= 11 is 1.54. The Kier molecular flexibility index (Phi) is 10.5. The van der Waals surface area contributed by atoms with E-state index in [-0.39, 0.29) is 23.7 Å². The van der Waals surface area contributed by atoms with Crippen molar-refractivity contribution < 1.29 is 19.1 Å². The number of carbonyl (C=O) groups is 3. The number of amides is 3. The molecule has 10 nitrogen and oxygen atoms in total. The molecule has 1 unspecified atom stereocenters. The minimum absolute atomic E-state index is 0.0104. The lowest BCUT2D eigenvalue weighted by Crippen LogP contribution is -2.52. The van der Waals surface area contributed by atoms with Crippen LogP contribution in [0, 0.1) is 18.8 Å². The number of likely N-dealkylation sites (N-methyl/N-ethyl adjacent to an activating group) is 1. The van der Waals surface area contributed by atoms with Gasteiger partial charge in [-0.3, -0.25) is 9.59 Å². The fraction of sp³-hybridized carbons (Fsp3) is 0.621. The Morgan fingerprint density at radius 3 is 2.40 bits per heavy atom. The number of alkyl carbamates (subject to hydrolysis) is 1. The second-order valence-corrected chi connectivity index (χ2v) is 13.3. The molecule has 2 N–H and O–H groups in total. The summed E-state index contributed by atoms with van der Waals surface area (Å²) in [5, 5.41) is 6.78. The van der Waals surface area contributed by atoms with Gasteiger partial charge in [-0.05, 0) is 70.9 Å². The molecule has 0 saturated carbocycles. The zero-order chi connectivity index (χ0) is 29.6. The number of thiazole rings is 1. The van der Waals surface area contributed by atoms with Gasteiger partial charge in [0.25, 0.3) is 0 Å². The third-order valence-corrected chi connectivity index (χ3v) is 7.50. The number of likely N-dealkylation sites (tertiary alicyclic amines) is 1. The summed E-state index contributed by atoms with van der Waals surface area (Å²) in [6, 6.07) is 5.00. The molecular formula is C29H44N6O4S. The summed E-state index contributed by atoms with van der Waals surface area (Å²) in [5.74, 6) is 0.314. The van der Waals surface area contributed by atoms with E-state index >= 15 is 0 Å². The van der Waals surface area contributed by atoms with Crippen molar-refractivity contribution in [2.45, 2.75) is 78.4 Å². The van der Waals surface area contributed by atoms with Crippen LogP contribution in [-0.2, 0) is 14.3 Å². The van der Waals surface area contributed by atoms with Crippen LogP contribution in [0.5, 0.6) is 0 Å². The highest BCUT2D eigenvalue weighted by molar-refractivity contribution is 7.15. The predicted octanol–water partition coefficient (Wildman–Crippen LogP) is 4.94. The first-order valence-corrected chi connectivity index (χ1v) is 14.7. The fourth-order valence-corrected chi connectivity index (χ4v) is 5.55. The molecule has 11 heteroatoms. The van der Waals surface area contributed by atoms with Crippen LogP contribution >= 0.6 is 11.3 Å². The number of aromatic nitrogens is 2. The lowest BCUT2D eigenvalue weighted by Gasteiger charge is -2.38. The summed E-state index contributed by atoms with van der Waals surface area (Å²) in [6.07, 6.45) is 3.04. The molecule has 0 aliphatic carbocycles. The van der Waals surface area contributed by atoms with Gasteiger partial charge < -0.3 is 25.2 Å². The minimum Gasteiger partial charge on any atom is -0.444 e. The summed E-state index contributed by atoms with van der Waals surface area (Å²) in [4.78, 5) is 53.0. The van der Waals surface area contributed by atoms with Gasteiger partial charge in [-0.1, -0.05) is 19.9 Å². The maximum Gasteiger partial charge on any atom is 0.408 e. The molecule has 1 aliphatic rings.